The number of hydrogen-bond acceptors (Lipinski definition) is 8. The van der Waals surface area contributed by atoms with Gasteiger partial charge in [0, 0.05) is 50.7 Å². The summed E-state index contributed by atoms with van der Waals surface area (Å²) in [6.45, 7) is 3.48. The molecule has 0 saturated carbocycles. The van der Waals surface area contributed by atoms with Gasteiger partial charge < -0.3 is 15.7 Å². The van der Waals surface area contributed by atoms with Crippen molar-refractivity contribution in [2.75, 3.05) is 12.3 Å². The van der Waals surface area contributed by atoms with Crippen LogP contribution >= 0.6 is 23.5 Å². The van der Waals surface area contributed by atoms with E-state index in [0.717, 1.165) is 21.6 Å². The van der Waals surface area contributed by atoms with Crippen molar-refractivity contribution in [1.82, 2.24) is 14.9 Å². The Hall–Kier alpha value is -3.14. The molecule has 3 rings (SSSR count). The van der Waals surface area contributed by atoms with Gasteiger partial charge in [-0.2, -0.15) is 0 Å². The van der Waals surface area contributed by atoms with Crippen molar-refractivity contribution in [3.8, 4) is 0 Å². The summed E-state index contributed by atoms with van der Waals surface area (Å²) in [6.07, 6.45) is 2.50. The molecule has 0 unspecified atom stereocenters. The van der Waals surface area contributed by atoms with Gasteiger partial charge in [0.2, 0.25) is 11.5 Å². The summed E-state index contributed by atoms with van der Waals surface area (Å²) in [7, 11) is 0. The maximum absolute atomic E-state index is 13.3. The topological polar surface area (TPSA) is 109 Å². The lowest BCUT2D eigenvalue weighted by atomic mass is 10.2. The lowest BCUT2D eigenvalue weighted by Gasteiger charge is -2.22. The van der Waals surface area contributed by atoms with E-state index < -0.39 is 0 Å². The van der Waals surface area contributed by atoms with Crippen LogP contribution in [0.2, 0.25) is 0 Å². The van der Waals surface area contributed by atoms with Gasteiger partial charge in [0.25, 0.3) is 0 Å². The van der Waals surface area contributed by atoms with Gasteiger partial charge in [-0.25, -0.2) is 9.97 Å². The van der Waals surface area contributed by atoms with Crippen molar-refractivity contribution in [3.63, 3.8) is 0 Å². The SMILES string of the molecule is C/C(=C(\CCO)SC(=O)c1ccccc1Sc1ccccc1)N(C=O)Cc1cnc(C)nc1N. The van der Waals surface area contributed by atoms with E-state index in [4.69, 9.17) is 5.73 Å². The summed E-state index contributed by atoms with van der Waals surface area (Å²) >= 11 is 2.53. The first-order valence-electron chi connectivity index (χ1n) is 10.6. The average Bonchev–Trinajstić information content (AvgIpc) is 2.84. The molecule has 176 valence electrons. The van der Waals surface area contributed by atoms with E-state index in [1.807, 2.05) is 48.5 Å². The highest BCUT2D eigenvalue weighted by molar-refractivity contribution is 8.17. The number of carbonyl (C=O) groups is 2. The Morgan fingerprint density at radius 1 is 1.15 bits per heavy atom. The minimum atomic E-state index is -0.161. The van der Waals surface area contributed by atoms with Gasteiger partial charge in [-0.1, -0.05) is 42.1 Å². The van der Waals surface area contributed by atoms with Gasteiger partial charge in [0.05, 0.1) is 6.54 Å². The minimum Gasteiger partial charge on any atom is -0.396 e. The number of nitrogens with two attached hydrogens (primary N) is 1. The Kier molecular flexibility index (Phi) is 9.26. The molecule has 1 heterocycles. The zero-order valence-electron chi connectivity index (χ0n) is 19.0. The molecule has 0 atom stereocenters. The van der Waals surface area contributed by atoms with Crippen LogP contribution in [-0.2, 0) is 11.3 Å². The van der Waals surface area contributed by atoms with Crippen LogP contribution in [0.5, 0.6) is 0 Å². The Balaban J connectivity index is 1.85. The number of carbonyl (C=O) groups excluding carboxylic acids is 2. The van der Waals surface area contributed by atoms with Crippen LogP contribution in [-0.4, -0.2) is 38.1 Å². The summed E-state index contributed by atoms with van der Waals surface area (Å²) in [6, 6.07) is 17.2. The Morgan fingerprint density at radius 2 is 1.85 bits per heavy atom. The van der Waals surface area contributed by atoms with Crippen molar-refractivity contribution in [1.29, 1.82) is 0 Å². The van der Waals surface area contributed by atoms with Crippen molar-refractivity contribution in [3.05, 3.63) is 88.3 Å². The van der Waals surface area contributed by atoms with Crippen molar-refractivity contribution >= 4 is 40.9 Å². The quantitative estimate of drug-likeness (QED) is 0.392. The zero-order valence-corrected chi connectivity index (χ0v) is 20.6. The van der Waals surface area contributed by atoms with Crippen LogP contribution < -0.4 is 5.73 Å². The molecule has 0 fully saturated rings. The maximum atomic E-state index is 13.3. The second-order valence-electron chi connectivity index (χ2n) is 7.34. The number of nitrogens with zero attached hydrogens (tertiary/aromatic N) is 3. The molecule has 7 nitrogen and oxygen atoms in total. The van der Waals surface area contributed by atoms with Gasteiger partial charge in [-0.05, 0) is 49.9 Å². The molecule has 34 heavy (non-hydrogen) atoms. The number of aromatic nitrogens is 2. The van der Waals surface area contributed by atoms with E-state index in [-0.39, 0.29) is 24.7 Å². The molecule has 0 spiro atoms. The van der Waals surface area contributed by atoms with E-state index in [1.165, 1.54) is 16.7 Å². The van der Waals surface area contributed by atoms with E-state index >= 15 is 0 Å². The fourth-order valence-electron chi connectivity index (χ4n) is 3.13. The summed E-state index contributed by atoms with van der Waals surface area (Å²) in [5.74, 6) is 0.840. The Morgan fingerprint density at radius 3 is 2.53 bits per heavy atom. The summed E-state index contributed by atoms with van der Waals surface area (Å²) in [5, 5.41) is 9.47. The fourth-order valence-corrected chi connectivity index (χ4v) is 5.13. The largest absolute Gasteiger partial charge is 0.396 e. The molecular formula is C25H26N4O3S2. The summed E-state index contributed by atoms with van der Waals surface area (Å²) in [5.41, 5.74) is 7.72. The molecule has 0 radical (unpaired) electrons. The lowest BCUT2D eigenvalue weighted by molar-refractivity contribution is -0.116. The zero-order chi connectivity index (χ0) is 24.5. The van der Waals surface area contributed by atoms with Gasteiger partial charge in [0.15, 0.2) is 0 Å². The molecule has 1 amide bonds. The molecule has 0 aliphatic rings. The van der Waals surface area contributed by atoms with Crippen LogP contribution in [0.25, 0.3) is 0 Å². The average molecular weight is 495 g/mol. The van der Waals surface area contributed by atoms with Crippen LogP contribution in [0.1, 0.15) is 35.1 Å². The number of nitrogen functional groups attached to an aromatic ring is 1. The molecule has 3 aromatic rings. The number of rotatable bonds is 10. The van der Waals surface area contributed by atoms with Gasteiger partial charge >= 0.3 is 0 Å². The summed E-state index contributed by atoms with van der Waals surface area (Å²) < 4.78 is 0. The molecule has 0 aliphatic heterocycles. The molecule has 9 heteroatoms. The van der Waals surface area contributed by atoms with E-state index in [0.29, 0.717) is 39.8 Å². The first kappa shape index (κ1) is 25.5. The molecule has 2 aromatic carbocycles. The third-order valence-corrected chi connectivity index (χ3v) is 7.19. The van der Waals surface area contributed by atoms with E-state index in [9.17, 15) is 14.7 Å². The monoisotopic (exact) mass is 494 g/mol. The van der Waals surface area contributed by atoms with Gasteiger partial charge in [-0.15, -0.1) is 0 Å². The second-order valence-corrected chi connectivity index (χ2v) is 9.53. The highest BCUT2D eigenvalue weighted by atomic mass is 32.2. The van der Waals surface area contributed by atoms with E-state index in [2.05, 4.69) is 9.97 Å². The number of thioether (sulfide) groups is 1. The number of aliphatic hydroxyl groups excluding tert-OH is 1. The smallest absolute Gasteiger partial charge is 0.224 e. The number of allylic oxidation sites excluding steroid dienone is 1. The summed E-state index contributed by atoms with van der Waals surface area (Å²) in [4.78, 5) is 37.4. The highest BCUT2D eigenvalue weighted by Crippen LogP contribution is 2.35. The minimum absolute atomic E-state index is 0.157. The highest BCUT2D eigenvalue weighted by Gasteiger charge is 2.19. The lowest BCUT2D eigenvalue weighted by Crippen LogP contribution is -2.22. The third-order valence-electron chi connectivity index (χ3n) is 4.95. The van der Waals surface area contributed by atoms with Crippen LogP contribution in [0, 0.1) is 6.92 Å². The van der Waals surface area contributed by atoms with Gasteiger partial charge in [0.1, 0.15) is 11.6 Å². The van der Waals surface area contributed by atoms with Crippen molar-refractivity contribution < 1.29 is 14.7 Å². The third kappa shape index (κ3) is 6.69. The standard InChI is InChI=1S/C25H26N4O3S2/c1-17(29(16-31)15-19-14-27-18(2)28-24(19)26)22(12-13-30)34-25(32)21-10-6-7-11-23(21)33-20-8-4-3-5-9-20/h3-11,14,16,30H,12-13,15H2,1-2H3,(H2,26,27,28)/b22-17-. The molecule has 3 N–H and O–H groups in total. The number of aryl methyl sites for hydroxylation is 1. The van der Waals surface area contributed by atoms with Gasteiger partial charge in [-0.3, -0.25) is 9.59 Å². The number of anilines is 1. The predicted molar refractivity (Wildman–Crippen MR) is 136 cm³/mol. The Labute approximate surface area is 207 Å². The van der Waals surface area contributed by atoms with Crippen LogP contribution in [0.3, 0.4) is 0 Å². The maximum Gasteiger partial charge on any atom is 0.224 e. The van der Waals surface area contributed by atoms with Crippen LogP contribution in [0.4, 0.5) is 5.82 Å². The number of hydrogen-bond donors (Lipinski definition) is 2. The number of amides is 1. The molecule has 0 saturated heterocycles. The van der Waals surface area contributed by atoms with Crippen molar-refractivity contribution in [2.24, 2.45) is 0 Å². The van der Waals surface area contributed by atoms with E-state index in [1.54, 1.807) is 26.1 Å². The fraction of sp³-hybridized carbons (Fsp3) is 0.200. The van der Waals surface area contributed by atoms with Crippen LogP contribution in [0.15, 0.2) is 81.2 Å². The second kappa shape index (κ2) is 12.4. The first-order valence-corrected chi connectivity index (χ1v) is 12.2. The molecule has 0 aliphatic carbocycles. The van der Waals surface area contributed by atoms with Crippen molar-refractivity contribution in [2.45, 2.75) is 36.6 Å². The Bertz CT molecular complexity index is 1190. The molecule has 0 bridgehead atoms. The molecular weight excluding hydrogens is 468 g/mol. The number of aliphatic hydroxyl groups is 1. The predicted octanol–water partition coefficient (Wildman–Crippen LogP) is 4.66. The normalized spacial score (nSPS) is 11.6. The molecule has 1 aromatic heterocycles. The first-order chi connectivity index (χ1) is 16.4. The number of benzene rings is 2.